The molecule has 3 N–H and O–H groups in total. The first-order chi connectivity index (χ1) is 16.1. The summed E-state index contributed by atoms with van der Waals surface area (Å²) in [6.07, 6.45) is 4.05. The van der Waals surface area contributed by atoms with Crippen LogP contribution in [0.2, 0.25) is 5.02 Å². The summed E-state index contributed by atoms with van der Waals surface area (Å²) in [6.45, 7) is 1.67. The number of carbonyl (C=O) groups excluding carboxylic acids is 1. The topological polar surface area (TPSA) is 124 Å². The van der Waals surface area contributed by atoms with Gasteiger partial charge in [0.2, 0.25) is 0 Å². The van der Waals surface area contributed by atoms with Crippen molar-refractivity contribution in [1.82, 2.24) is 9.38 Å². The molecule has 4 aromatic rings. The van der Waals surface area contributed by atoms with Crippen molar-refractivity contribution in [2.75, 3.05) is 6.26 Å². The van der Waals surface area contributed by atoms with Gasteiger partial charge in [-0.3, -0.25) is 9.20 Å². The molecule has 0 saturated carbocycles. The number of benzene rings is 1. The van der Waals surface area contributed by atoms with E-state index < -0.39 is 21.8 Å². The fourth-order valence-corrected chi connectivity index (χ4v) is 5.69. The van der Waals surface area contributed by atoms with Gasteiger partial charge in [0.05, 0.1) is 29.1 Å². The number of nitrogens with two attached hydrogens (primary N) is 1. The van der Waals surface area contributed by atoms with Crippen molar-refractivity contribution in [2.45, 2.75) is 25.4 Å². The number of amides is 1. The number of fused-ring (bicyclic) bond motifs is 1. The first kappa shape index (κ1) is 24.2. The van der Waals surface area contributed by atoms with Crippen molar-refractivity contribution >= 4 is 44.3 Å². The predicted octanol–water partition coefficient (Wildman–Crippen LogP) is 3.99. The number of nitrogens with zero attached hydrogens (tertiary/aromatic N) is 2. The Morgan fingerprint density at radius 2 is 2.00 bits per heavy atom. The zero-order chi connectivity index (χ0) is 24.6. The largest absolute Gasteiger partial charge is 0.484 e. The number of aliphatic hydroxyl groups excluding tert-OH is 1. The molecule has 4 rings (SSSR count). The summed E-state index contributed by atoms with van der Waals surface area (Å²) in [5, 5.41) is 9.73. The molecule has 0 aliphatic carbocycles. The van der Waals surface area contributed by atoms with Gasteiger partial charge in [-0.05, 0) is 30.2 Å². The maximum atomic E-state index is 12.2. The minimum absolute atomic E-state index is 0.0980. The lowest BCUT2D eigenvalue weighted by molar-refractivity contribution is 0.0998. The molecule has 1 aromatic carbocycles. The molecule has 1 atom stereocenters. The summed E-state index contributed by atoms with van der Waals surface area (Å²) < 4.78 is 31.3. The minimum Gasteiger partial charge on any atom is -0.484 e. The van der Waals surface area contributed by atoms with E-state index in [0.717, 1.165) is 11.3 Å². The highest BCUT2D eigenvalue weighted by Crippen LogP contribution is 2.39. The SMILES string of the molecule is C[C@@H](Oc1cc(-c2cnc3ccc(CS(C)(=O)=O)cn23)sc1C(N)=O)c1ccc(CO)cc1Cl. The quantitative estimate of drug-likeness (QED) is 0.362. The van der Waals surface area contributed by atoms with Crippen LogP contribution in [0.1, 0.15) is 39.4 Å². The first-order valence-electron chi connectivity index (χ1n) is 10.2. The third kappa shape index (κ3) is 5.10. The van der Waals surface area contributed by atoms with E-state index in [-0.39, 0.29) is 17.2 Å². The average molecular weight is 520 g/mol. The van der Waals surface area contributed by atoms with Crippen LogP contribution in [-0.4, -0.2) is 35.1 Å². The van der Waals surface area contributed by atoms with Crippen LogP contribution in [-0.2, 0) is 22.2 Å². The van der Waals surface area contributed by atoms with Gasteiger partial charge in [-0.1, -0.05) is 29.8 Å². The zero-order valence-electron chi connectivity index (χ0n) is 18.4. The number of thiophene rings is 1. The molecule has 0 spiro atoms. The molecule has 0 radical (unpaired) electrons. The van der Waals surface area contributed by atoms with Gasteiger partial charge in [0.15, 0.2) is 9.84 Å². The maximum Gasteiger partial charge on any atom is 0.262 e. The second-order valence-corrected chi connectivity index (χ2v) is 11.5. The van der Waals surface area contributed by atoms with Crippen LogP contribution in [0.3, 0.4) is 0 Å². The van der Waals surface area contributed by atoms with E-state index in [1.54, 1.807) is 60.1 Å². The summed E-state index contributed by atoms with van der Waals surface area (Å²) in [6, 6.07) is 10.4. The number of aliphatic hydroxyl groups is 1. The van der Waals surface area contributed by atoms with E-state index in [9.17, 15) is 18.3 Å². The molecule has 1 amide bonds. The van der Waals surface area contributed by atoms with Crippen molar-refractivity contribution in [3.8, 4) is 16.3 Å². The van der Waals surface area contributed by atoms with Crippen molar-refractivity contribution in [2.24, 2.45) is 5.73 Å². The van der Waals surface area contributed by atoms with Crippen LogP contribution in [0.4, 0.5) is 0 Å². The van der Waals surface area contributed by atoms with E-state index in [0.29, 0.717) is 43.7 Å². The number of hydrogen-bond acceptors (Lipinski definition) is 7. The number of carbonyl (C=O) groups is 1. The highest BCUT2D eigenvalue weighted by molar-refractivity contribution is 7.89. The monoisotopic (exact) mass is 519 g/mol. The number of rotatable bonds is 8. The van der Waals surface area contributed by atoms with E-state index >= 15 is 0 Å². The molecule has 0 bridgehead atoms. The number of imidazole rings is 1. The number of primary amides is 1. The molecule has 0 aliphatic rings. The van der Waals surface area contributed by atoms with Gasteiger partial charge in [-0.2, -0.15) is 0 Å². The molecule has 0 saturated heterocycles. The molecule has 0 aliphatic heterocycles. The standard InChI is InChI=1S/C23H22ClN3O5S2/c1-13(16-5-3-14(11-28)7-17(16)24)32-19-8-20(33-22(19)23(25)29)18-9-26-21-6-4-15(10-27(18)21)12-34(2,30)31/h3-10,13,28H,11-12H2,1-2H3,(H2,25,29)/t13-/m1/s1. The molecule has 11 heteroatoms. The maximum absolute atomic E-state index is 12.2. The molecular formula is C23H22ClN3O5S2. The Bertz CT molecular complexity index is 1490. The normalized spacial score (nSPS) is 12.7. The highest BCUT2D eigenvalue weighted by Gasteiger charge is 2.22. The molecule has 3 aromatic heterocycles. The van der Waals surface area contributed by atoms with Gasteiger partial charge in [-0.25, -0.2) is 13.4 Å². The Kier molecular flexibility index (Phi) is 6.68. The van der Waals surface area contributed by atoms with Crippen LogP contribution in [0.25, 0.3) is 16.2 Å². The molecular weight excluding hydrogens is 498 g/mol. The summed E-state index contributed by atoms with van der Waals surface area (Å²) in [4.78, 5) is 17.5. The van der Waals surface area contributed by atoms with Crippen molar-refractivity contribution in [3.63, 3.8) is 0 Å². The Hall–Kier alpha value is -2.92. The van der Waals surface area contributed by atoms with Crippen LogP contribution < -0.4 is 10.5 Å². The summed E-state index contributed by atoms with van der Waals surface area (Å²) in [5.74, 6) is -0.421. The van der Waals surface area contributed by atoms with Crippen molar-refractivity contribution in [1.29, 1.82) is 0 Å². The Morgan fingerprint density at radius 3 is 2.65 bits per heavy atom. The van der Waals surface area contributed by atoms with Gasteiger partial charge in [0.1, 0.15) is 22.4 Å². The number of hydrogen-bond donors (Lipinski definition) is 2. The lowest BCUT2D eigenvalue weighted by Crippen LogP contribution is -2.12. The van der Waals surface area contributed by atoms with Gasteiger partial charge in [0, 0.05) is 29.1 Å². The number of aromatic nitrogens is 2. The third-order valence-corrected chi connectivity index (χ3v) is 7.50. The summed E-state index contributed by atoms with van der Waals surface area (Å²) in [5.41, 5.74) is 8.92. The lowest BCUT2D eigenvalue weighted by Gasteiger charge is -2.16. The molecule has 0 unspecified atom stereocenters. The van der Waals surface area contributed by atoms with E-state index in [2.05, 4.69) is 4.98 Å². The van der Waals surface area contributed by atoms with Gasteiger partial charge in [-0.15, -0.1) is 11.3 Å². The number of pyridine rings is 1. The van der Waals surface area contributed by atoms with E-state index in [1.165, 1.54) is 6.26 Å². The second-order valence-electron chi connectivity index (χ2n) is 7.92. The second kappa shape index (κ2) is 9.38. The van der Waals surface area contributed by atoms with Crippen LogP contribution >= 0.6 is 22.9 Å². The van der Waals surface area contributed by atoms with Crippen molar-refractivity contribution < 1.29 is 23.1 Å². The fourth-order valence-electron chi connectivity index (χ4n) is 3.61. The fraction of sp³-hybridized carbons (Fsp3) is 0.217. The molecule has 178 valence electrons. The van der Waals surface area contributed by atoms with E-state index in [1.807, 2.05) is 0 Å². The van der Waals surface area contributed by atoms with Crippen molar-refractivity contribution in [3.05, 3.63) is 75.4 Å². The first-order valence-corrected chi connectivity index (χ1v) is 13.4. The van der Waals surface area contributed by atoms with Gasteiger partial charge >= 0.3 is 0 Å². The number of sulfone groups is 1. The van der Waals surface area contributed by atoms with Crippen LogP contribution in [0.5, 0.6) is 5.75 Å². The van der Waals surface area contributed by atoms with E-state index in [4.69, 9.17) is 22.1 Å². The van der Waals surface area contributed by atoms with Crippen LogP contribution in [0.15, 0.2) is 48.8 Å². The molecule has 0 fully saturated rings. The average Bonchev–Trinajstić information content (AvgIpc) is 3.36. The number of ether oxygens (including phenoxy) is 1. The Balaban J connectivity index is 1.71. The lowest BCUT2D eigenvalue weighted by atomic mass is 10.1. The smallest absolute Gasteiger partial charge is 0.262 e. The Morgan fingerprint density at radius 1 is 1.26 bits per heavy atom. The highest BCUT2D eigenvalue weighted by atomic mass is 35.5. The van der Waals surface area contributed by atoms with Crippen LogP contribution in [0, 0.1) is 0 Å². The van der Waals surface area contributed by atoms with Gasteiger partial charge in [0.25, 0.3) is 5.91 Å². The minimum atomic E-state index is -3.21. The summed E-state index contributed by atoms with van der Waals surface area (Å²) in [7, 11) is -3.21. The third-order valence-electron chi connectivity index (χ3n) is 5.16. The molecule has 8 nitrogen and oxygen atoms in total. The predicted molar refractivity (Wildman–Crippen MR) is 132 cm³/mol. The zero-order valence-corrected chi connectivity index (χ0v) is 20.7. The molecule has 34 heavy (non-hydrogen) atoms. The molecule has 3 heterocycles. The number of halogens is 1. The summed E-state index contributed by atoms with van der Waals surface area (Å²) >= 11 is 7.51. The Labute approximate surface area is 205 Å². The van der Waals surface area contributed by atoms with Gasteiger partial charge < -0.3 is 15.6 Å².